The highest BCUT2D eigenvalue weighted by atomic mass is 16.3. The van der Waals surface area contributed by atoms with E-state index in [0.717, 1.165) is 5.56 Å². The van der Waals surface area contributed by atoms with Crippen molar-refractivity contribution in [2.75, 3.05) is 7.05 Å². The fourth-order valence-corrected chi connectivity index (χ4v) is 5.93. The number of aliphatic imine (C=N–C) groups is 1. The molecule has 4 aliphatic rings. The molecule has 0 spiro atoms. The Morgan fingerprint density at radius 2 is 1.67 bits per heavy atom. The van der Waals surface area contributed by atoms with Gasteiger partial charge in [0.05, 0.1) is 29.2 Å². The second kappa shape index (κ2) is 8.09. The van der Waals surface area contributed by atoms with E-state index in [2.05, 4.69) is 5.32 Å². The number of hydrogen-bond acceptors (Lipinski definition) is 6. The van der Waals surface area contributed by atoms with Crippen molar-refractivity contribution in [3.63, 3.8) is 0 Å². The summed E-state index contributed by atoms with van der Waals surface area (Å²) in [6.07, 6.45) is 3.78. The first-order chi connectivity index (χ1) is 17.4. The molecule has 1 heterocycles. The van der Waals surface area contributed by atoms with Crippen molar-refractivity contribution in [3.05, 3.63) is 100 Å². The van der Waals surface area contributed by atoms with Crippen LogP contribution < -0.4 is 5.32 Å². The number of nitrogens with zero attached hydrogens (tertiary/aromatic N) is 1. The smallest absolute Gasteiger partial charge is 0.247 e. The van der Waals surface area contributed by atoms with Crippen molar-refractivity contribution in [1.82, 2.24) is 5.32 Å². The number of nitrogens with one attached hydrogen (secondary N) is 1. The minimum Gasteiger partial charge on any atom is -0.506 e. The number of hydrogen-bond donors (Lipinski definition) is 2. The van der Waals surface area contributed by atoms with E-state index in [1.54, 1.807) is 36.4 Å². The van der Waals surface area contributed by atoms with Gasteiger partial charge in [-0.3, -0.25) is 24.2 Å². The number of ketones is 3. The molecule has 3 aliphatic carbocycles. The van der Waals surface area contributed by atoms with Gasteiger partial charge in [0.1, 0.15) is 11.7 Å². The van der Waals surface area contributed by atoms with Crippen molar-refractivity contribution in [2.24, 2.45) is 22.7 Å². The van der Waals surface area contributed by atoms with Gasteiger partial charge in [0.2, 0.25) is 5.91 Å². The molecule has 4 atom stereocenters. The molecule has 7 nitrogen and oxygen atoms in total. The standard InChI is InChI=1S/C29H22N2O5/c1-30-29(36)18-13-7-12-15(18)19-27(34)20-21(28(19)35)24(31-23(20)14-8-3-2-4-9-14)22-25(32)16-10-5-6-11-17(16)26(22)33/h2-12,19-21,23,32H,13H2,1H3,(H,30,36). The van der Waals surface area contributed by atoms with E-state index < -0.39 is 35.4 Å². The summed E-state index contributed by atoms with van der Waals surface area (Å²) in [6, 6.07) is 15.2. The zero-order valence-corrected chi connectivity index (χ0v) is 19.4. The molecular weight excluding hydrogens is 456 g/mol. The molecule has 0 radical (unpaired) electrons. The first-order valence-corrected chi connectivity index (χ1v) is 11.8. The van der Waals surface area contributed by atoms with Gasteiger partial charge >= 0.3 is 0 Å². The summed E-state index contributed by atoms with van der Waals surface area (Å²) >= 11 is 0. The summed E-state index contributed by atoms with van der Waals surface area (Å²) in [7, 11) is 1.51. The molecule has 0 saturated heterocycles. The Morgan fingerprint density at radius 3 is 2.36 bits per heavy atom. The molecule has 6 rings (SSSR count). The van der Waals surface area contributed by atoms with Crippen molar-refractivity contribution in [2.45, 2.75) is 12.5 Å². The quantitative estimate of drug-likeness (QED) is 0.655. The van der Waals surface area contributed by atoms with E-state index in [9.17, 15) is 24.3 Å². The van der Waals surface area contributed by atoms with Crippen LogP contribution in [0.2, 0.25) is 0 Å². The topological polar surface area (TPSA) is 113 Å². The molecule has 2 aromatic carbocycles. The van der Waals surface area contributed by atoms with Gasteiger partial charge in [0.15, 0.2) is 17.3 Å². The third-order valence-corrected chi connectivity index (χ3v) is 7.54. The summed E-state index contributed by atoms with van der Waals surface area (Å²) in [5.74, 6) is -4.62. The molecule has 36 heavy (non-hydrogen) atoms. The lowest BCUT2D eigenvalue weighted by molar-refractivity contribution is -0.126. The average Bonchev–Trinajstić information content (AvgIpc) is 3.64. The maximum absolute atomic E-state index is 14.0. The minimum atomic E-state index is -1.12. The zero-order chi connectivity index (χ0) is 25.1. The maximum Gasteiger partial charge on any atom is 0.247 e. The number of amides is 1. The van der Waals surface area contributed by atoms with Crippen LogP contribution in [0.25, 0.3) is 5.76 Å². The third-order valence-electron chi connectivity index (χ3n) is 7.54. The van der Waals surface area contributed by atoms with Gasteiger partial charge in [-0.05, 0) is 17.6 Å². The lowest BCUT2D eigenvalue weighted by Crippen LogP contribution is -2.28. The Kier molecular flexibility index (Phi) is 4.96. The molecule has 1 amide bonds. The molecule has 7 heteroatoms. The summed E-state index contributed by atoms with van der Waals surface area (Å²) in [4.78, 5) is 58.5. The molecule has 4 unspecified atom stereocenters. The molecule has 0 aromatic heterocycles. The predicted molar refractivity (Wildman–Crippen MR) is 132 cm³/mol. The highest BCUT2D eigenvalue weighted by molar-refractivity contribution is 6.41. The summed E-state index contributed by atoms with van der Waals surface area (Å²) in [6.45, 7) is 0. The van der Waals surface area contributed by atoms with E-state index in [0.29, 0.717) is 28.7 Å². The molecule has 0 bridgehead atoms. The second-order valence-electron chi connectivity index (χ2n) is 9.33. The minimum absolute atomic E-state index is 0.0195. The van der Waals surface area contributed by atoms with Crippen molar-refractivity contribution < 1.29 is 24.3 Å². The molecule has 2 aromatic rings. The number of benzene rings is 2. The van der Waals surface area contributed by atoms with Crippen LogP contribution in [-0.4, -0.2) is 41.1 Å². The number of allylic oxidation sites excluding steroid dienone is 4. The van der Waals surface area contributed by atoms with E-state index >= 15 is 0 Å². The fourth-order valence-electron chi connectivity index (χ4n) is 5.93. The van der Waals surface area contributed by atoms with Crippen LogP contribution in [0.1, 0.15) is 33.9 Å². The van der Waals surface area contributed by atoms with Gasteiger partial charge in [-0.1, -0.05) is 66.7 Å². The summed E-state index contributed by atoms with van der Waals surface area (Å²) < 4.78 is 0. The second-order valence-corrected chi connectivity index (χ2v) is 9.33. The van der Waals surface area contributed by atoms with Crippen molar-refractivity contribution in [3.8, 4) is 0 Å². The van der Waals surface area contributed by atoms with E-state index in [1.807, 2.05) is 30.3 Å². The number of likely N-dealkylation sites (N-methyl/N-ethyl adjacent to an activating group) is 1. The Bertz CT molecular complexity index is 1490. The normalized spacial score (nSPS) is 26.6. The first kappa shape index (κ1) is 22.1. The molecule has 178 valence electrons. The van der Waals surface area contributed by atoms with Gasteiger partial charge in [-0.25, -0.2) is 0 Å². The van der Waals surface area contributed by atoms with Crippen LogP contribution in [0, 0.1) is 17.8 Å². The van der Waals surface area contributed by atoms with Crippen molar-refractivity contribution >= 4 is 34.7 Å². The molecule has 2 N–H and O–H groups in total. The average molecular weight is 479 g/mol. The van der Waals surface area contributed by atoms with Crippen LogP contribution in [-0.2, 0) is 14.4 Å². The third kappa shape index (κ3) is 2.95. The van der Waals surface area contributed by atoms with Gasteiger partial charge in [0.25, 0.3) is 0 Å². The Balaban J connectivity index is 1.51. The SMILES string of the molecule is CNC(=O)C1=C(C2C(=O)C3C(C4=C(O)c5ccccc5C4=O)=NC(c4ccccc4)C3C2=O)C=CC1. The molecule has 1 aliphatic heterocycles. The highest BCUT2D eigenvalue weighted by Gasteiger charge is 2.60. The summed E-state index contributed by atoms with van der Waals surface area (Å²) in [5.41, 5.74) is 2.40. The molecular formula is C29H22N2O5. The number of carbonyl (C=O) groups is 4. The van der Waals surface area contributed by atoms with E-state index in [4.69, 9.17) is 4.99 Å². The van der Waals surface area contributed by atoms with Crippen LogP contribution in [0.3, 0.4) is 0 Å². The number of Topliss-reactive ketones (excluding diaryl/α,β-unsaturated/α-hetero) is 3. The number of fused-ring (bicyclic) bond motifs is 2. The Labute approximate surface area is 206 Å². The van der Waals surface area contributed by atoms with Gasteiger partial charge < -0.3 is 10.4 Å². The number of aliphatic hydroxyl groups excluding tert-OH is 1. The lowest BCUT2D eigenvalue weighted by Gasteiger charge is -2.16. The lowest BCUT2D eigenvalue weighted by atomic mass is 9.83. The largest absolute Gasteiger partial charge is 0.506 e. The first-order valence-electron chi connectivity index (χ1n) is 11.8. The monoisotopic (exact) mass is 478 g/mol. The highest BCUT2D eigenvalue weighted by Crippen LogP contribution is 2.51. The predicted octanol–water partition coefficient (Wildman–Crippen LogP) is 3.35. The number of carbonyl (C=O) groups excluding carboxylic acids is 4. The van der Waals surface area contributed by atoms with Gasteiger partial charge in [-0.2, -0.15) is 0 Å². The van der Waals surface area contributed by atoms with Gasteiger partial charge in [0, 0.05) is 23.7 Å². The fraction of sp³-hybridized carbons (Fsp3) is 0.207. The number of rotatable bonds is 4. The van der Waals surface area contributed by atoms with E-state index in [1.165, 1.54) is 7.05 Å². The Morgan fingerprint density at radius 1 is 0.972 bits per heavy atom. The zero-order valence-electron chi connectivity index (χ0n) is 19.4. The van der Waals surface area contributed by atoms with Crippen molar-refractivity contribution in [1.29, 1.82) is 0 Å². The molecule has 1 saturated carbocycles. The van der Waals surface area contributed by atoms with Gasteiger partial charge in [-0.15, -0.1) is 0 Å². The van der Waals surface area contributed by atoms with Crippen LogP contribution in [0.4, 0.5) is 0 Å². The van der Waals surface area contributed by atoms with Crippen LogP contribution in [0.15, 0.2) is 88.5 Å². The van der Waals surface area contributed by atoms with Crippen LogP contribution in [0.5, 0.6) is 0 Å². The van der Waals surface area contributed by atoms with Crippen LogP contribution >= 0.6 is 0 Å². The Hall–Kier alpha value is -4.39. The molecule has 1 fully saturated rings. The number of aliphatic hydroxyl groups is 1. The summed E-state index contributed by atoms with van der Waals surface area (Å²) in [5, 5.41) is 13.6. The van der Waals surface area contributed by atoms with E-state index in [-0.39, 0.29) is 28.7 Å². The maximum atomic E-state index is 14.0.